The predicted molar refractivity (Wildman–Crippen MR) is 89.0 cm³/mol. The van der Waals surface area contributed by atoms with Crippen molar-refractivity contribution in [2.24, 2.45) is 5.92 Å². The molecule has 1 fully saturated rings. The largest absolute Gasteiger partial charge is 0.199 e. The van der Waals surface area contributed by atoms with Crippen LogP contribution < -0.4 is 0 Å². The number of benzene rings is 1. The van der Waals surface area contributed by atoms with E-state index in [-0.39, 0.29) is 0 Å². The minimum atomic E-state index is -0.746. The first-order valence-electron chi connectivity index (χ1n) is 8.15. The van der Waals surface area contributed by atoms with E-state index in [1.54, 1.807) is 6.08 Å². The van der Waals surface area contributed by atoms with Gasteiger partial charge >= 0.3 is 0 Å². The summed E-state index contributed by atoms with van der Waals surface area (Å²) in [5, 5.41) is 17.1. The summed E-state index contributed by atoms with van der Waals surface area (Å²) in [6.45, 7) is 0. The number of nitriles is 2. The topological polar surface area (TPSA) is 47.6 Å². The molecule has 1 aromatic carbocycles. The highest BCUT2D eigenvalue weighted by Crippen LogP contribution is 2.37. The SMILES string of the molecule is N#C/C(F)=C/C=C/CC[C@H]1CC[C@H](c2ccc(C#N)cc2)CC1. The molecule has 0 amide bonds. The molecular formula is C20H21FN2. The molecule has 0 aliphatic heterocycles. The van der Waals surface area contributed by atoms with Crippen LogP contribution in [0, 0.1) is 28.6 Å². The summed E-state index contributed by atoms with van der Waals surface area (Å²) < 4.78 is 12.6. The quantitative estimate of drug-likeness (QED) is 0.529. The molecule has 2 nitrogen and oxygen atoms in total. The van der Waals surface area contributed by atoms with Crippen molar-refractivity contribution in [2.75, 3.05) is 0 Å². The van der Waals surface area contributed by atoms with Crippen molar-refractivity contribution in [1.82, 2.24) is 0 Å². The first kappa shape index (κ1) is 17.0. The third-order valence-corrected chi connectivity index (χ3v) is 4.58. The van der Waals surface area contributed by atoms with E-state index in [0.29, 0.717) is 5.92 Å². The molecule has 118 valence electrons. The standard InChI is InChI=1S/C20H21FN2/c21-20(15-23)5-3-1-2-4-16-6-10-18(11-7-16)19-12-8-17(14-22)9-13-19/h1,3,5,8-9,12-13,16,18H,2,4,6-7,10-11H2/b3-1+,20-5-/t16-,18-. The van der Waals surface area contributed by atoms with Gasteiger partial charge in [-0.3, -0.25) is 0 Å². The monoisotopic (exact) mass is 308 g/mol. The second-order valence-electron chi connectivity index (χ2n) is 6.08. The number of halogens is 1. The Hall–Kier alpha value is -2.39. The molecule has 0 bridgehead atoms. The lowest BCUT2D eigenvalue weighted by molar-refractivity contribution is 0.312. The molecule has 0 unspecified atom stereocenters. The summed E-state index contributed by atoms with van der Waals surface area (Å²) in [6.07, 6.45) is 11.7. The van der Waals surface area contributed by atoms with Crippen LogP contribution in [0.15, 0.2) is 48.3 Å². The Labute approximate surface area is 137 Å². The summed E-state index contributed by atoms with van der Waals surface area (Å²) in [6, 6.07) is 11.6. The Balaban J connectivity index is 1.73. The van der Waals surface area contributed by atoms with Crippen LogP contribution in [0.25, 0.3) is 0 Å². The van der Waals surface area contributed by atoms with E-state index in [9.17, 15) is 4.39 Å². The van der Waals surface area contributed by atoms with Crippen LogP contribution in [0.2, 0.25) is 0 Å². The predicted octanol–water partition coefficient (Wildman–Crippen LogP) is 5.55. The van der Waals surface area contributed by atoms with Gasteiger partial charge in [-0.05, 0) is 74.1 Å². The maximum Gasteiger partial charge on any atom is 0.199 e. The van der Waals surface area contributed by atoms with E-state index in [4.69, 9.17) is 10.5 Å². The fraction of sp³-hybridized carbons (Fsp3) is 0.400. The van der Waals surface area contributed by atoms with Crippen LogP contribution in [0.4, 0.5) is 4.39 Å². The van der Waals surface area contributed by atoms with Crippen LogP contribution >= 0.6 is 0 Å². The van der Waals surface area contributed by atoms with E-state index in [2.05, 4.69) is 18.2 Å². The summed E-state index contributed by atoms with van der Waals surface area (Å²) in [7, 11) is 0. The fourth-order valence-electron chi connectivity index (χ4n) is 3.23. The molecule has 3 heteroatoms. The van der Waals surface area contributed by atoms with E-state index >= 15 is 0 Å². The molecular weight excluding hydrogens is 287 g/mol. The van der Waals surface area contributed by atoms with Gasteiger partial charge in [-0.2, -0.15) is 14.9 Å². The molecule has 0 aromatic heterocycles. The Morgan fingerprint density at radius 3 is 2.43 bits per heavy atom. The second kappa shape index (κ2) is 8.91. The van der Waals surface area contributed by atoms with Crippen LogP contribution in [-0.4, -0.2) is 0 Å². The minimum absolute atomic E-state index is 0.613. The number of rotatable bonds is 5. The van der Waals surface area contributed by atoms with Crippen molar-refractivity contribution in [3.05, 3.63) is 59.4 Å². The molecule has 0 N–H and O–H groups in total. The Bertz CT molecular complexity index is 636. The average Bonchev–Trinajstić information content (AvgIpc) is 2.62. The van der Waals surface area contributed by atoms with E-state index < -0.39 is 5.83 Å². The maximum atomic E-state index is 12.6. The molecule has 0 saturated heterocycles. The summed E-state index contributed by atoms with van der Waals surface area (Å²) in [5.41, 5.74) is 2.07. The molecule has 0 atom stereocenters. The normalized spacial score (nSPS) is 21.8. The van der Waals surface area contributed by atoms with Gasteiger partial charge in [0, 0.05) is 0 Å². The number of nitrogens with zero attached hydrogens (tertiary/aromatic N) is 2. The third-order valence-electron chi connectivity index (χ3n) is 4.58. The molecule has 23 heavy (non-hydrogen) atoms. The lowest BCUT2D eigenvalue weighted by atomic mass is 9.77. The minimum Gasteiger partial charge on any atom is -0.195 e. The number of allylic oxidation sites excluding steroid dienone is 4. The zero-order valence-corrected chi connectivity index (χ0v) is 13.2. The zero-order valence-electron chi connectivity index (χ0n) is 13.2. The van der Waals surface area contributed by atoms with Crippen molar-refractivity contribution in [3.8, 4) is 12.1 Å². The Morgan fingerprint density at radius 1 is 1.13 bits per heavy atom. The van der Waals surface area contributed by atoms with Crippen molar-refractivity contribution in [2.45, 2.75) is 44.4 Å². The highest BCUT2D eigenvalue weighted by Gasteiger charge is 2.21. The van der Waals surface area contributed by atoms with Gasteiger partial charge in [0.15, 0.2) is 5.83 Å². The van der Waals surface area contributed by atoms with Crippen LogP contribution in [0.1, 0.15) is 55.6 Å². The molecule has 2 rings (SSSR count). The van der Waals surface area contributed by atoms with E-state index in [1.165, 1.54) is 43.4 Å². The molecule has 0 radical (unpaired) electrons. The fourth-order valence-corrected chi connectivity index (χ4v) is 3.23. The van der Waals surface area contributed by atoms with Gasteiger partial charge in [0.05, 0.1) is 11.6 Å². The maximum absolute atomic E-state index is 12.6. The second-order valence-corrected chi connectivity index (χ2v) is 6.08. The molecule has 0 heterocycles. The van der Waals surface area contributed by atoms with Crippen LogP contribution in [-0.2, 0) is 0 Å². The summed E-state index contributed by atoms with van der Waals surface area (Å²) in [5.74, 6) is 0.602. The smallest absolute Gasteiger partial charge is 0.195 e. The molecule has 1 saturated carbocycles. The molecule has 1 aliphatic rings. The van der Waals surface area contributed by atoms with Crippen LogP contribution in [0.3, 0.4) is 0 Å². The lowest BCUT2D eigenvalue weighted by Crippen LogP contribution is -2.13. The van der Waals surface area contributed by atoms with Crippen LogP contribution in [0.5, 0.6) is 0 Å². The van der Waals surface area contributed by atoms with Gasteiger partial charge in [-0.25, -0.2) is 0 Å². The number of hydrogen-bond acceptors (Lipinski definition) is 2. The zero-order chi connectivity index (χ0) is 16.5. The highest BCUT2D eigenvalue weighted by atomic mass is 19.1. The van der Waals surface area contributed by atoms with Gasteiger partial charge in [-0.15, -0.1) is 0 Å². The lowest BCUT2D eigenvalue weighted by Gasteiger charge is -2.28. The van der Waals surface area contributed by atoms with Gasteiger partial charge in [0.25, 0.3) is 0 Å². The van der Waals surface area contributed by atoms with E-state index in [0.717, 1.165) is 24.3 Å². The number of hydrogen-bond donors (Lipinski definition) is 0. The Morgan fingerprint density at radius 2 is 1.83 bits per heavy atom. The van der Waals surface area contributed by atoms with E-state index in [1.807, 2.05) is 18.2 Å². The van der Waals surface area contributed by atoms with Crippen molar-refractivity contribution in [1.29, 1.82) is 10.5 Å². The molecule has 0 spiro atoms. The first-order chi connectivity index (χ1) is 11.2. The van der Waals surface area contributed by atoms with Crippen molar-refractivity contribution in [3.63, 3.8) is 0 Å². The van der Waals surface area contributed by atoms with Crippen molar-refractivity contribution >= 4 is 0 Å². The molecule has 1 aliphatic carbocycles. The average molecular weight is 308 g/mol. The highest BCUT2D eigenvalue weighted by molar-refractivity contribution is 5.33. The Kier molecular flexibility index (Phi) is 6.57. The summed E-state index contributed by atoms with van der Waals surface area (Å²) in [4.78, 5) is 0. The van der Waals surface area contributed by atoms with Gasteiger partial charge in [-0.1, -0.05) is 24.3 Å². The van der Waals surface area contributed by atoms with Crippen molar-refractivity contribution < 1.29 is 4.39 Å². The molecule has 1 aromatic rings. The first-order valence-corrected chi connectivity index (χ1v) is 8.15. The third kappa shape index (κ3) is 5.38. The summed E-state index contributed by atoms with van der Waals surface area (Å²) >= 11 is 0. The van der Waals surface area contributed by atoms with Gasteiger partial charge < -0.3 is 0 Å². The van der Waals surface area contributed by atoms with Gasteiger partial charge in [0.1, 0.15) is 6.07 Å². The van der Waals surface area contributed by atoms with Gasteiger partial charge in [0.2, 0.25) is 0 Å².